The second-order valence-electron chi connectivity index (χ2n) is 7.76. The van der Waals surface area contributed by atoms with E-state index in [0.29, 0.717) is 0 Å². The summed E-state index contributed by atoms with van der Waals surface area (Å²) in [6.45, 7) is 3.00. The molecule has 1 aromatic heterocycles. The summed E-state index contributed by atoms with van der Waals surface area (Å²) in [6.07, 6.45) is 3.54. The molecule has 0 fully saturated rings. The maximum absolute atomic E-state index is 8.49. The summed E-state index contributed by atoms with van der Waals surface area (Å²) >= 11 is 1.83. The summed E-state index contributed by atoms with van der Waals surface area (Å²) < 4.78 is 39.9. The molecule has 5 nitrogen and oxygen atoms in total. The Labute approximate surface area is 212 Å². The number of ether oxygens (including phenoxy) is 1. The number of hydrogen-bond donors (Lipinski definition) is 0. The van der Waals surface area contributed by atoms with Crippen molar-refractivity contribution in [3.8, 4) is 37.8 Å². The Morgan fingerprint density at radius 2 is 1.11 bits per heavy atom. The number of unbranched alkanes of at least 4 members (excludes halogenated alkanes) is 2. The van der Waals surface area contributed by atoms with Gasteiger partial charge in [0.15, 0.2) is 0 Å². The molecule has 0 saturated heterocycles. The van der Waals surface area contributed by atoms with E-state index in [1.165, 1.54) is 44.8 Å². The summed E-state index contributed by atoms with van der Waals surface area (Å²) in [7, 11) is -4.94. The number of halogens is 1. The Morgan fingerprint density at radius 1 is 0.629 bits per heavy atom. The highest BCUT2D eigenvalue weighted by atomic mass is 35.7. The molecule has 0 aliphatic carbocycles. The first-order valence-electron chi connectivity index (χ1n) is 11.3. The van der Waals surface area contributed by atoms with Crippen molar-refractivity contribution in [1.82, 2.24) is 0 Å². The van der Waals surface area contributed by atoms with E-state index >= 15 is 0 Å². The number of hydrogen-bond acceptors (Lipinski definition) is 5. The maximum atomic E-state index is 8.49. The predicted molar refractivity (Wildman–Crippen MR) is 130 cm³/mol. The average molecular weight is 511 g/mol. The van der Waals surface area contributed by atoms with Gasteiger partial charge in [-0.05, 0) is 53.9 Å². The lowest BCUT2D eigenvalue weighted by atomic mass is 10.0. The first kappa shape index (κ1) is 26.8. The van der Waals surface area contributed by atoms with Gasteiger partial charge in [0.25, 0.3) is 0 Å². The van der Waals surface area contributed by atoms with Gasteiger partial charge in [-0.25, -0.2) is 18.6 Å². The van der Waals surface area contributed by atoms with E-state index in [9.17, 15) is 0 Å². The normalized spacial score (nSPS) is 10.9. The summed E-state index contributed by atoms with van der Waals surface area (Å²) in [6, 6.07) is 34.3. The minimum Gasteiger partial charge on any atom is -0.494 e. The minimum atomic E-state index is -4.94. The van der Waals surface area contributed by atoms with Gasteiger partial charge in [0.05, 0.1) is 6.61 Å². The highest BCUT2D eigenvalue weighted by molar-refractivity contribution is 7.18. The van der Waals surface area contributed by atoms with Crippen molar-refractivity contribution >= 4 is 11.3 Å². The first-order chi connectivity index (χ1) is 16.8. The van der Waals surface area contributed by atoms with Crippen LogP contribution in [0.4, 0.5) is 0 Å². The lowest BCUT2D eigenvalue weighted by molar-refractivity contribution is -2.00. The SMILES string of the molecule is CCCCCOc1ccc(-c2cc(-c3ccccc3)cc(-c3ccccc3)[s+]2)cc1.[O-][Cl+3]([O-])([O-])[O-]. The standard InChI is InChI=1S/C28H27OS.ClHO4/c1-2-3-10-19-29-26-17-15-24(16-18-26)28-21-25(22-11-6-4-7-12-22)20-27(30-28)23-13-8-5-9-14-23;2-1(3,4)5/h4-9,11-18,20-21H,2-3,10,19H2,1H3;(H,2,3,4,5)/q+1;/p-1. The van der Waals surface area contributed by atoms with E-state index in [-0.39, 0.29) is 0 Å². The zero-order valence-corrected chi connectivity index (χ0v) is 21.0. The smallest absolute Gasteiger partial charge is 0.239 e. The lowest BCUT2D eigenvalue weighted by Gasteiger charge is -2.17. The van der Waals surface area contributed by atoms with E-state index in [1.54, 1.807) is 0 Å². The van der Waals surface area contributed by atoms with Crippen LogP contribution in [-0.4, -0.2) is 6.61 Å². The zero-order valence-electron chi connectivity index (χ0n) is 19.4. The molecule has 4 aromatic rings. The molecule has 0 atom stereocenters. The van der Waals surface area contributed by atoms with Crippen LogP contribution >= 0.6 is 11.3 Å². The fourth-order valence-corrected chi connectivity index (χ4v) is 4.56. The summed E-state index contributed by atoms with van der Waals surface area (Å²) in [5.41, 5.74) is 4.94. The van der Waals surface area contributed by atoms with Crippen LogP contribution in [0, 0.1) is 10.2 Å². The molecule has 0 N–H and O–H groups in total. The third-order valence-electron chi connectivity index (χ3n) is 5.11. The molecule has 1 heterocycles. The fourth-order valence-electron chi connectivity index (χ4n) is 3.44. The summed E-state index contributed by atoms with van der Waals surface area (Å²) in [5.74, 6) is 0.947. The molecule has 7 heteroatoms. The minimum absolute atomic E-state index is 0.789. The second kappa shape index (κ2) is 13.3. The molecular weight excluding hydrogens is 484 g/mol. The van der Waals surface area contributed by atoms with E-state index in [2.05, 4.69) is 104 Å². The predicted octanol–water partition coefficient (Wildman–Crippen LogP) is 3.84. The second-order valence-corrected chi connectivity index (χ2v) is 9.60. The van der Waals surface area contributed by atoms with Crippen LogP contribution in [-0.2, 0) is 0 Å². The molecule has 0 bridgehead atoms. The number of benzene rings is 3. The Morgan fingerprint density at radius 3 is 1.63 bits per heavy atom. The largest absolute Gasteiger partial charge is 0.494 e. The van der Waals surface area contributed by atoms with Crippen molar-refractivity contribution in [2.75, 3.05) is 6.61 Å². The van der Waals surface area contributed by atoms with Crippen LogP contribution in [0.15, 0.2) is 97.1 Å². The quantitative estimate of drug-likeness (QED) is 0.265. The van der Waals surface area contributed by atoms with Gasteiger partial charge in [-0.2, -0.15) is 0 Å². The van der Waals surface area contributed by atoms with Gasteiger partial charge >= 0.3 is 0 Å². The van der Waals surface area contributed by atoms with Crippen LogP contribution in [0.1, 0.15) is 26.2 Å². The lowest BCUT2D eigenvalue weighted by Crippen LogP contribution is -2.68. The summed E-state index contributed by atoms with van der Waals surface area (Å²) in [4.78, 5) is 2.53. The van der Waals surface area contributed by atoms with Crippen molar-refractivity contribution in [1.29, 1.82) is 0 Å². The van der Waals surface area contributed by atoms with Crippen molar-refractivity contribution in [3.63, 3.8) is 0 Å². The maximum Gasteiger partial charge on any atom is 0.239 e. The van der Waals surface area contributed by atoms with E-state index < -0.39 is 10.2 Å². The van der Waals surface area contributed by atoms with Crippen molar-refractivity contribution in [2.24, 2.45) is 0 Å². The molecular formula is C28H27ClO5S. The average Bonchev–Trinajstić information content (AvgIpc) is 2.87. The molecule has 35 heavy (non-hydrogen) atoms. The van der Waals surface area contributed by atoms with Gasteiger partial charge in [-0.1, -0.05) is 68.3 Å². The van der Waals surface area contributed by atoms with Crippen LogP contribution in [0.2, 0.25) is 0 Å². The van der Waals surface area contributed by atoms with Crippen molar-refractivity contribution in [3.05, 3.63) is 97.1 Å². The number of rotatable bonds is 8. The Bertz CT molecular complexity index is 1100. The summed E-state index contributed by atoms with van der Waals surface area (Å²) in [5, 5.41) is 0. The van der Waals surface area contributed by atoms with Gasteiger partial charge in [-0.3, -0.25) is 0 Å². The molecule has 0 aliphatic heterocycles. The molecule has 182 valence electrons. The molecule has 0 amide bonds. The van der Waals surface area contributed by atoms with Gasteiger partial charge in [0.2, 0.25) is 21.1 Å². The first-order valence-corrected chi connectivity index (χ1v) is 13.3. The molecule has 0 spiro atoms. The molecule has 0 aliphatic rings. The molecule has 0 unspecified atom stereocenters. The van der Waals surface area contributed by atoms with Gasteiger partial charge < -0.3 is 4.74 Å². The van der Waals surface area contributed by atoms with Gasteiger partial charge in [0, 0.05) is 23.3 Å². The van der Waals surface area contributed by atoms with E-state index in [1.807, 2.05) is 11.3 Å². The van der Waals surface area contributed by atoms with E-state index in [0.717, 1.165) is 18.8 Å². The molecule has 3 aromatic carbocycles. The van der Waals surface area contributed by atoms with Crippen molar-refractivity contribution in [2.45, 2.75) is 26.2 Å². The third kappa shape index (κ3) is 9.38. The van der Waals surface area contributed by atoms with E-state index in [4.69, 9.17) is 23.4 Å². The zero-order chi connectivity index (χ0) is 25.1. The highest BCUT2D eigenvalue weighted by Crippen LogP contribution is 2.37. The van der Waals surface area contributed by atoms with Gasteiger partial charge in [0.1, 0.15) is 5.75 Å². The van der Waals surface area contributed by atoms with Crippen LogP contribution in [0.25, 0.3) is 32.0 Å². The van der Waals surface area contributed by atoms with Crippen LogP contribution < -0.4 is 23.4 Å². The monoisotopic (exact) mass is 510 g/mol. The molecule has 0 saturated carbocycles. The molecule has 0 radical (unpaired) electrons. The van der Waals surface area contributed by atoms with Crippen LogP contribution in [0.5, 0.6) is 5.75 Å². The van der Waals surface area contributed by atoms with Crippen molar-refractivity contribution < 1.29 is 33.6 Å². The Kier molecular flexibility index (Phi) is 10.2. The van der Waals surface area contributed by atoms with Gasteiger partial charge in [-0.15, -0.1) is 10.2 Å². The fraction of sp³-hybridized carbons (Fsp3) is 0.179. The highest BCUT2D eigenvalue weighted by Gasteiger charge is 2.19. The van der Waals surface area contributed by atoms with Crippen LogP contribution in [0.3, 0.4) is 0 Å². The third-order valence-corrected chi connectivity index (χ3v) is 6.26. The topological polar surface area (TPSA) is 101 Å². The Balaban J connectivity index is 0.000000623. The molecule has 4 rings (SSSR count). The Hall–Kier alpha value is -2.84.